The van der Waals surface area contributed by atoms with Gasteiger partial charge in [-0.15, -0.1) is 0 Å². The van der Waals surface area contributed by atoms with Crippen LogP contribution in [0.1, 0.15) is 6.42 Å². The summed E-state index contributed by atoms with van der Waals surface area (Å²) in [6.07, 6.45) is 8.84. The molecule has 0 aliphatic rings. The van der Waals surface area contributed by atoms with Gasteiger partial charge in [-0.05, 0) is 12.1 Å². The van der Waals surface area contributed by atoms with Crippen molar-refractivity contribution in [3.05, 3.63) is 43.4 Å². The number of hydrogen-bond acceptors (Lipinski definition) is 9. The molecule has 0 fully saturated rings. The fraction of sp³-hybridized carbons (Fsp3) is 0.211. The van der Waals surface area contributed by atoms with Crippen molar-refractivity contribution >= 4 is 38.4 Å². The molecular weight excluding hydrogens is 408 g/mol. The number of fused-ring (bicyclic) bond motifs is 1. The number of anilines is 1. The molecule has 4 aromatic rings. The van der Waals surface area contributed by atoms with Crippen molar-refractivity contribution in [2.24, 2.45) is 0 Å². The van der Waals surface area contributed by atoms with Gasteiger partial charge < -0.3 is 10.5 Å². The van der Waals surface area contributed by atoms with Crippen LogP contribution >= 0.6 is 11.3 Å². The number of nitrogens with zero attached hydrogens (tertiary/aromatic N) is 5. The van der Waals surface area contributed by atoms with Crippen LogP contribution in [0.15, 0.2) is 47.6 Å². The summed E-state index contributed by atoms with van der Waals surface area (Å²) in [6.45, 7) is 0.595. The molecule has 29 heavy (non-hydrogen) atoms. The second-order valence-electron chi connectivity index (χ2n) is 6.18. The highest BCUT2D eigenvalue weighted by Crippen LogP contribution is 2.42. The third-order valence-electron chi connectivity index (χ3n) is 4.28. The summed E-state index contributed by atoms with van der Waals surface area (Å²) in [6, 6.07) is 3.75. The average molecular weight is 428 g/mol. The number of nitrogen functional groups attached to an aromatic ring is 1. The summed E-state index contributed by atoms with van der Waals surface area (Å²) in [5, 5.41) is 0.794. The van der Waals surface area contributed by atoms with E-state index in [-0.39, 0.29) is 0 Å². The summed E-state index contributed by atoms with van der Waals surface area (Å²) < 4.78 is 16.5. The Kier molecular flexibility index (Phi) is 5.95. The van der Waals surface area contributed by atoms with Gasteiger partial charge in [0.15, 0.2) is 11.2 Å². The van der Waals surface area contributed by atoms with E-state index in [9.17, 15) is 4.55 Å². The van der Waals surface area contributed by atoms with Crippen molar-refractivity contribution in [1.82, 2.24) is 24.9 Å². The van der Waals surface area contributed by atoms with Crippen molar-refractivity contribution in [3.8, 4) is 22.5 Å². The number of hydrogen-bond donors (Lipinski definition) is 2. The molecule has 4 heterocycles. The molecule has 148 valence electrons. The van der Waals surface area contributed by atoms with E-state index in [4.69, 9.17) is 15.5 Å². The number of ether oxygens (including phenoxy) is 1. The molecule has 1 atom stereocenters. The zero-order chi connectivity index (χ0) is 20.2. The molecule has 0 spiro atoms. The van der Waals surface area contributed by atoms with Gasteiger partial charge in [-0.25, -0.2) is 24.9 Å². The van der Waals surface area contributed by atoms with Crippen LogP contribution in [0.25, 0.3) is 32.7 Å². The van der Waals surface area contributed by atoms with Gasteiger partial charge in [0.2, 0.25) is 0 Å². The first-order valence-corrected chi connectivity index (χ1v) is 11.0. The van der Waals surface area contributed by atoms with Crippen LogP contribution in [-0.4, -0.2) is 48.9 Å². The Labute approximate surface area is 174 Å². The highest BCUT2D eigenvalue weighted by Gasteiger charge is 2.30. The largest absolute Gasteiger partial charge is 0.393 e. The predicted molar refractivity (Wildman–Crippen MR) is 116 cm³/mol. The molecule has 4 aromatic heterocycles. The molecule has 0 bridgehead atoms. The highest BCUT2D eigenvalue weighted by atomic mass is 32.2. The minimum atomic E-state index is -0.979. The predicted octanol–water partition coefficient (Wildman–Crippen LogP) is 3.28. The van der Waals surface area contributed by atoms with Crippen molar-refractivity contribution in [3.63, 3.8) is 0 Å². The van der Waals surface area contributed by atoms with Crippen molar-refractivity contribution in [2.75, 3.05) is 25.2 Å². The lowest BCUT2D eigenvalue weighted by Gasteiger charge is -2.07. The normalized spacial score (nSPS) is 12.3. The Bertz CT molecular complexity index is 1110. The van der Waals surface area contributed by atoms with Gasteiger partial charge in [0.25, 0.3) is 4.21 Å². The molecule has 10 heteroatoms. The maximum atomic E-state index is 10.7. The van der Waals surface area contributed by atoms with Crippen LogP contribution in [0.3, 0.4) is 0 Å². The quantitative estimate of drug-likeness (QED) is 0.341. The molecule has 8 nitrogen and oxygen atoms in total. The molecule has 0 aromatic carbocycles. The van der Waals surface area contributed by atoms with Crippen LogP contribution in [0.5, 0.6) is 0 Å². The summed E-state index contributed by atoms with van der Waals surface area (Å²) in [7, 11) is 1.65. The van der Waals surface area contributed by atoms with Gasteiger partial charge in [0.1, 0.15) is 28.9 Å². The van der Waals surface area contributed by atoms with E-state index < -0.39 is 11.2 Å². The smallest absolute Gasteiger partial charge is 0.269 e. The third kappa shape index (κ3) is 4.06. The average Bonchev–Trinajstić information content (AvgIpc) is 3.11. The maximum Gasteiger partial charge on any atom is 0.269 e. The maximum absolute atomic E-state index is 10.7. The van der Waals surface area contributed by atoms with Crippen molar-refractivity contribution < 1.29 is 9.29 Å². The molecule has 1 unspecified atom stereocenters. The number of thiophene rings is 1. The summed E-state index contributed by atoms with van der Waals surface area (Å²) in [5.74, 6) is 0.590. The molecule has 3 N–H and O–H groups in total. The first-order chi connectivity index (χ1) is 14.2. The topological polar surface area (TPSA) is 120 Å². The standard InChI is InChI=1S/C19H19N6O2S2/c1-27-5-2-6-29(26)19-17(20)16-13(14-3-4-21-11-24-14)7-15(25-18(16)28-19)12-8-22-10-23-9-12/h3-4,7-11,26H,2,5-6,20H2,1H3/q+1. The Balaban J connectivity index is 1.88. The fourth-order valence-electron chi connectivity index (χ4n) is 2.94. The summed E-state index contributed by atoms with van der Waals surface area (Å²) >= 11 is 0.430. The zero-order valence-electron chi connectivity index (χ0n) is 15.6. The second-order valence-corrected chi connectivity index (χ2v) is 8.98. The minimum Gasteiger partial charge on any atom is -0.393 e. The zero-order valence-corrected chi connectivity index (χ0v) is 17.3. The Hall–Kier alpha value is -2.66. The summed E-state index contributed by atoms with van der Waals surface area (Å²) in [4.78, 5) is 22.1. The van der Waals surface area contributed by atoms with E-state index in [2.05, 4.69) is 19.9 Å². The minimum absolute atomic E-state index is 0.547. The van der Waals surface area contributed by atoms with Crippen LogP contribution in [0.4, 0.5) is 5.69 Å². The Morgan fingerprint density at radius 3 is 2.72 bits per heavy atom. The van der Waals surface area contributed by atoms with Gasteiger partial charge in [-0.3, -0.25) is 0 Å². The molecule has 0 aliphatic heterocycles. The Morgan fingerprint density at radius 2 is 2.00 bits per heavy atom. The summed E-state index contributed by atoms with van der Waals surface area (Å²) in [5.41, 5.74) is 10.1. The molecule has 0 aliphatic carbocycles. The van der Waals surface area contributed by atoms with Gasteiger partial charge in [0, 0.05) is 48.6 Å². The van der Waals surface area contributed by atoms with Gasteiger partial charge in [-0.1, -0.05) is 11.3 Å². The van der Waals surface area contributed by atoms with Crippen LogP contribution in [-0.2, 0) is 15.9 Å². The Morgan fingerprint density at radius 1 is 1.17 bits per heavy atom. The highest BCUT2D eigenvalue weighted by molar-refractivity contribution is 7.93. The lowest BCUT2D eigenvalue weighted by atomic mass is 10.1. The van der Waals surface area contributed by atoms with Crippen molar-refractivity contribution in [2.45, 2.75) is 10.6 Å². The number of pyridine rings is 1. The fourth-order valence-corrected chi connectivity index (χ4v) is 5.60. The third-order valence-corrected chi connectivity index (χ3v) is 7.32. The van der Waals surface area contributed by atoms with E-state index in [1.165, 1.54) is 24.0 Å². The van der Waals surface area contributed by atoms with Crippen LogP contribution < -0.4 is 5.73 Å². The molecule has 4 rings (SSSR count). The number of methoxy groups -OCH3 is 1. The first kappa shape index (κ1) is 19.6. The van der Waals surface area contributed by atoms with E-state index in [1.54, 1.807) is 25.7 Å². The SMILES string of the molecule is COCCC[S+](O)c1sc2nc(-c3cncnc3)cc(-c3ccncn3)c2c1N. The lowest BCUT2D eigenvalue weighted by molar-refractivity contribution is 0.199. The first-order valence-electron chi connectivity index (χ1n) is 8.82. The molecule has 0 saturated carbocycles. The molecule has 0 radical (unpaired) electrons. The second kappa shape index (κ2) is 8.78. The van der Waals surface area contributed by atoms with Crippen LogP contribution in [0.2, 0.25) is 0 Å². The number of aromatic nitrogens is 5. The molecule has 0 saturated heterocycles. The molecule has 0 amide bonds. The van der Waals surface area contributed by atoms with E-state index in [1.807, 2.05) is 12.1 Å². The monoisotopic (exact) mass is 427 g/mol. The number of nitrogens with two attached hydrogens (primary N) is 1. The van der Waals surface area contributed by atoms with Gasteiger partial charge >= 0.3 is 0 Å². The van der Waals surface area contributed by atoms with E-state index in [0.29, 0.717) is 18.0 Å². The van der Waals surface area contributed by atoms with E-state index in [0.717, 1.165) is 43.4 Å². The lowest BCUT2D eigenvalue weighted by Crippen LogP contribution is -2.08. The molecular formula is C19H19N6O2S2+. The van der Waals surface area contributed by atoms with Gasteiger partial charge in [-0.2, -0.15) is 4.55 Å². The van der Waals surface area contributed by atoms with Gasteiger partial charge in [0.05, 0.1) is 18.0 Å². The van der Waals surface area contributed by atoms with E-state index >= 15 is 0 Å². The number of rotatable bonds is 7. The van der Waals surface area contributed by atoms with Crippen molar-refractivity contribution in [1.29, 1.82) is 0 Å². The van der Waals surface area contributed by atoms with Crippen LogP contribution in [0, 0.1) is 0 Å².